The van der Waals surface area contributed by atoms with E-state index < -0.39 is 5.97 Å². The Morgan fingerprint density at radius 3 is 2.29 bits per heavy atom. The van der Waals surface area contributed by atoms with Crippen molar-refractivity contribution >= 4 is 11.9 Å². The third-order valence-corrected chi connectivity index (χ3v) is 5.03. The van der Waals surface area contributed by atoms with Crippen LogP contribution >= 0.6 is 0 Å². The zero-order chi connectivity index (χ0) is 19.9. The Balaban J connectivity index is 1.65. The van der Waals surface area contributed by atoms with Crippen LogP contribution in [0.15, 0.2) is 48.5 Å². The molecule has 148 valence electrons. The van der Waals surface area contributed by atoms with E-state index in [0.717, 1.165) is 37.7 Å². The second kappa shape index (κ2) is 9.35. The third-order valence-electron chi connectivity index (χ3n) is 5.03. The van der Waals surface area contributed by atoms with E-state index >= 15 is 0 Å². The highest BCUT2D eigenvalue weighted by molar-refractivity contribution is 5.91. The first kappa shape index (κ1) is 19.9. The molecule has 0 aromatic heterocycles. The number of hydrogen-bond acceptors (Lipinski definition) is 4. The molecule has 0 saturated heterocycles. The van der Waals surface area contributed by atoms with Crippen molar-refractivity contribution in [1.29, 1.82) is 0 Å². The molecular formula is C22H24FNO4. The van der Waals surface area contributed by atoms with Crippen molar-refractivity contribution in [3.8, 4) is 5.75 Å². The van der Waals surface area contributed by atoms with Crippen LogP contribution in [0.4, 0.5) is 4.39 Å². The van der Waals surface area contributed by atoms with Crippen LogP contribution in [0, 0.1) is 5.82 Å². The number of halogens is 1. The molecule has 1 aliphatic rings. The highest BCUT2D eigenvalue weighted by atomic mass is 19.1. The number of esters is 1. The van der Waals surface area contributed by atoms with E-state index in [2.05, 4.69) is 0 Å². The first-order valence-corrected chi connectivity index (χ1v) is 9.53. The summed E-state index contributed by atoms with van der Waals surface area (Å²) >= 11 is 0. The standard InChI is InChI=1S/C22H24FNO4/c23-18-10-6-16(7-11-18)14-24(19-4-2-1-3-5-19)21(26)15-28-22(27)17-8-12-20(25)13-9-17/h6-13,19,25H,1-5,14-15H2. The van der Waals surface area contributed by atoms with Crippen molar-refractivity contribution in [3.05, 3.63) is 65.5 Å². The van der Waals surface area contributed by atoms with Crippen molar-refractivity contribution < 1.29 is 23.8 Å². The van der Waals surface area contributed by atoms with Crippen LogP contribution in [0.1, 0.15) is 48.0 Å². The zero-order valence-electron chi connectivity index (χ0n) is 15.6. The summed E-state index contributed by atoms with van der Waals surface area (Å²) in [4.78, 5) is 26.7. The molecule has 3 rings (SSSR count). The molecule has 5 nitrogen and oxygen atoms in total. The van der Waals surface area contributed by atoms with E-state index in [0.29, 0.717) is 6.54 Å². The molecule has 0 heterocycles. The van der Waals surface area contributed by atoms with Crippen molar-refractivity contribution in [2.24, 2.45) is 0 Å². The third kappa shape index (κ3) is 5.31. The fourth-order valence-electron chi connectivity index (χ4n) is 3.49. The first-order chi connectivity index (χ1) is 13.5. The SMILES string of the molecule is O=C(OCC(=O)N(Cc1ccc(F)cc1)C1CCCCC1)c1ccc(O)cc1. The first-order valence-electron chi connectivity index (χ1n) is 9.53. The van der Waals surface area contributed by atoms with E-state index in [-0.39, 0.29) is 35.7 Å². The highest BCUT2D eigenvalue weighted by Crippen LogP contribution is 2.24. The van der Waals surface area contributed by atoms with Crippen LogP contribution in [0.25, 0.3) is 0 Å². The summed E-state index contributed by atoms with van der Waals surface area (Å²) in [5.41, 5.74) is 1.11. The number of phenols is 1. The second-order valence-corrected chi connectivity index (χ2v) is 7.06. The minimum absolute atomic E-state index is 0.0513. The molecule has 1 amide bonds. The monoisotopic (exact) mass is 385 g/mol. The van der Waals surface area contributed by atoms with Gasteiger partial charge < -0.3 is 14.7 Å². The van der Waals surface area contributed by atoms with E-state index in [1.807, 2.05) is 0 Å². The van der Waals surface area contributed by atoms with Gasteiger partial charge in [-0.3, -0.25) is 4.79 Å². The van der Waals surface area contributed by atoms with E-state index in [9.17, 15) is 19.1 Å². The van der Waals surface area contributed by atoms with Crippen LogP contribution in [-0.4, -0.2) is 34.5 Å². The van der Waals surface area contributed by atoms with Crippen LogP contribution < -0.4 is 0 Å². The molecule has 2 aromatic rings. The maximum absolute atomic E-state index is 13.2. The number of benzene rings is 2. The predicted molar refractivity (Wildman–Crippen MR) is 102 cm³/mol. The minimum Gasteiger partial charge on any atom is -0.508 e. The van der Waals surface area contributed by atoms with Crippen LogP contribution in [0.5, 0.6) is 5.75 Å². The Labute approximate surface area is 163 Å². The summed E-state index contributed by atoms with van der Waals surface area (Å²) in [7, 11) is 0. The molecule has 0 bridgehead atoms. The molecule has 0 unspecified atom stereocenters. The van der Waals surface area contributed by atoms with Gasteiger partial charge in [-0.1, -0.05) is 31.4 Å². The largest absolute Gasteiger partial charge is 0.508 e. The van der Waals surface area contributed by atoms with Crippen LogP contribution in [0.2, 0.25) is 0 Å². The Hall–Kier alpha value is -2.89. The fourth-order valence-corrected chi connectivity index (χ4v) is 3.49. The molecule has 0 atom stereocenters. The number of carbonyl (C=O) groups is 2. The Bertz CT molecular complexity index is 798. The van der Waals surface area contributed by atoms with E-state index in [1.165, 1.54) is 36.4 Å². The summed E-state index contributed by atoms with van der Waals surface area (Å²) in [6.45, 7) is 0.0118. The number of nitrogens with zero attached hydrogens (tertiary/aromatic N) is 1. The van der Waals surface area contributed by atoms with Gasteiger partial charge in [0.25, 0.3) is 5.91 Å². The lowest BCUT2D eigenvalue weighted by Gasteiger charge is -2.34. The molecule has 1 saturated carbocycles. The van der Waals surface area contributed by atoms with Gasteiger partial charge in [-0.15, -0.1) is 0 Å². The number of carbonyl (C=O) groups excluding carboxylic acids is 2. The average Bonchev–Trinajstić information content (AvgIpc) is 2.72. The molecule has 1 N–H and O–H groups in total. The number of amides is 1. The molecule has 6 heteroatoms. The van der Waals surface area contributed by atoms with Crippen molar-refractivity contribution in [2.75, 3.05) is 6.61 Å². The lowest BCUT2D eigenvalue weighted by Crippen LogP contribution is -2.43. The number of rotatable bonds is 6. The lowest BCUT2D eigenvalue weighted by molar-refractivity contribution is -0.138. The van der Waals surface area contributed by atoms with Gasteiger partial charge in [0, 0.05) is 12.6 Å². The van der Waals surface area contributed by atoms with Gasteiger partial charge in [0.05, 0.1) is 5.56 Å². The van der Waals surface area contributed by atoms with Crippen LogP contribution in [-0.2, 0) is 16.1 Å². The van der Waals surface area contributed by atoms with Gasteiger partial charge in [-0.05, 0) is 54.8 Å². The molecule has 1 fully saturated rings. The molecule has 1 aliphatic carbocycles. The Morgan fingerprint density at radius 2 is 1.64 bits per heavy atom. The predicted octanol–water partition coefficient (Wildman–Crippen LogP) is 4.05. The maximum atomic E-state index is 13.2. The summed E-state index contributed by atoms with van der Waals surface area (Å²) in [5.74, 6) is -1.14. The molecule has 28 heavy (non-hydrogen) atoms. The smallest absolute Gasteiger partial charge is 0.338 e. The van der Waals surface area contributed by atoms with Crippen LogP contribution in [0.3, 0.4) is 0 Å². The number of hydrogen-bond donors (Lipinski definition) is 1. The molecule has 2 aromatic carbocycles. The fraction of sp³-hybridized carbons (Fsp3) is 0.364. The summed E-state index contributed by atoms with van der Waals surface area (Å²) < 4.78 is 18.4. The maximum Gasteiger partial charge on any atom is 0.338 e. The van der Waals surface area contributed by atoms with Crippen molar-refractivity contribution in [2.45, 2.75) is 44.7 Å². The van der Waals surface area contributed by atoms with Crippen molar-refractivity contribution in [3.63, 3.8) is 0 Å². The quantitative estimate of drug-likeness (QED) is 0.762. The van der Waals surface area contributed by atoms with Gasteiger partial charge in [0.1, 0.15) is 11.6 Å². The van der Waals surface area contributed by atoms with Gasteiger partial charge in [-0.25, -0.2) is 9.18 Å². The highest BCUT2D eigenvalue weighted by Gasteiger charge is 2.26. The summed E-state index contributed by atoms with van der Waals surface area (Å²) in [5, 5.41) is 9.29. The molecule has 0 aliphatic heterocycles. The summed E-state index contributed by atoms with van der Waals surface area (Å²) in [6, 6.07) is 11.9. The van der Waals surface area contributed by atoms with Gasteiger partial charge >= 0.3 is 5.97 Å². The topological polar surface area (TPSA) is 66.8 Å². The van der Waals surface area contributed by atoms with Gasteiger partial charge in [0.15, 0.2) is 6.61 Å². The number of phenolic OH excluding ortho intramolecular Hbond substituents is 1. The lowest BCUT2D eigenvalue weighted by atomic mass is 9.93. The zero-order valence-corrected chi connectivity index (χ0v) is 15.6. The Morgan fingerprint density at radius 1 is 1.00 bits per heavy atom. The number of aromatic hydroxyl groups is 1. The molecule has 0 radical (unpaired) electrons. The van der Waals surface area contributed by atoms with Gasteiger partial charge in [0.2, 0.25) is 0 Å². The normalized spacial score (nSPS) is 14.5. The Kier molecular flexibility index (Phi) is 6.63. The van der Waals surface area contributed by atoms with Gasteiger partial charge in [-0.2, -0.15) is 0 Å². The van der Waals surface area contributed by atoms with E-state index in [4.69, 9.17) is 4.74 Å². The summed E-state index contributed by atoms with van der Waals surface area (Å²) in [6.07, 6.45) is 5.11. The van der Waals surface area contributed by atoms with E-state index in [1.54, 1.807) is 17.0 Å². The minimum atomic E-state index is -0.612. The number of ether oxygens (including phenoxy) is 1. The second-order valence-electron chi connectivity index (χ2n) is 7.06. The van der Waals surface area contributed by atoms with Crippen molar-refractivity contribution in [1.82, 2.24) is 4.90 Å². The molecular weight excluding hydrogens is 361 g/mol. The average molecular weight is 385 g/mol. The molecule has 0 spiro atoms.